The second-order valence-corrected chi connectivity index (χ2v) is 4.80. The van der Waals surface area contributed by atoms with Crippen LogP contribution >= 0.6 is 0 Å². The highest BCUT2D eigenvalue weighted by Crippen LogP contribution is 2.18. The molecule has 0 radical (unpaired) electrons. The lowest BCUT2D eigenvalue weighted by molar-refractivity contribution is 0.300. The van der Waals surface area contributed by atoms with Gasteiger partial charge in [0.1, 0.15) is 12.4 Å². The third-order valence-electron chi connectivity index (χ3n) is 3.17. The predicted octanol–water partition coefficient (Wildman–Crippen LogP) is 2.93. The fraction of sp³-hybridized carbons (Fsp3) is 0.176. The summed E-state index contributed by atoms with van der Waals surface area (Å²) < 4.78 is 5.79. The van der Waals surface area contributed by atoms with Crippen molar-refractivity contribution in [1.82, 2.24) is 15.3 Å². The number of aromatic nitrogens is 2. The van der Waals surface area contributed by atoms with Gasteiger partial charge in [-0.1, -0.05) is 24.3 Å². The smallest absolute Gasteiger partial charge is 0.138 e. The van der Waals surface area contributed by atoms with Gasteiger partial charge in [-0.05, 0) is 31.3 Å². The molecule has 4 heteroatoms. The van der Waals surface area contributed by atoms with Crippen molar-refractivity contribution in [3.8, 4) is 5.75 Å². The van der Waals surface area contributed by atoms with E-state index in [4.69, 9.17) is 4.74 Å². The summed E-state index contributed by atoms with van der Waals surface area (Å²) in [6.45, 7) is 1.20. The molecule has 3 aromatic rings. The Labute approximate surface area is 123 Å². The van der Waals surface area contributed by atoms with Crippen molar-refractivity contribution in [3.63, 3.8) is 0 Å². The lowest BCUT2D eigenvalue weighted by Gasteiger charge is -2.07. The predicted molar refractivity (Wildman–Crippen MR) is 83.1 cm³/mol. The summed E-state index contributed by atoms with van der Waals surface area (Å²) in [5, 5.41) is 4.17. The highest BCUT2D eigenvalue weighted by atomic mass is 16.5. The molecule has 0 unspecified atom stereocenters. The van der Waals surface area contributed by atoms with Crippen LogP contribution in [0.5, 0.6) is 5.75 Å². The van der Waals surface area contributed by atoms with E-state index in [-0.39, 0.29) is 0 Å². The lowest BCUT2D eigenvalue weighted by Crippen LogP contribution is -2.08. The molecule has 2 aromatic heterocycles. The zero-order valence-electron chi connectivity index (χ0n) is 11.9. The largest absolute Gasteiger partial charge is 0.486 e. The van der Waals surface area contributed by atoms with Crippen LogP contribution in [0.3, 0.4) is 0 Å². The van der Waals surface area contributed by atoms with Gasteiger partial charge in [0, 0.05) is 11.9 Å². The van der Waals surface area contributed by atoms with Crippen LogP contribution in [0.4, 0.5) is 0 Å². The first-order chi connectivity index (χ1) is 10.3. The maximum atomic E-state index is 5.79. The highest BCUT2D eigenvalue weighted by Gasteiger charge is 2.01. The number of rotatable bonds is 5. The summed E-state index contributed by atoms with van der Waals surface area (Å²) in [4.78, 5) is 8.92. The van der Waals surface area contributed by atoms with Crippen LogP contribution in [-0.4, -0.2) is 17.0 Å². The molecule has 21 heavy (non-hydrogen) atoms. The Morgan fingerprint density at radius 2 is 1.90 bits per heavy atom. The Balaban J connectivity index is 1.72. The molecule has 0 amide bonds. The van der Waals surface area contributed by atoms with Gasteiger partial charge in [-0.15, -0.1) is 0 Å². The normalized spacial score (nSPS) is 10.7. The molecule has 106 valence electrons. The van der Waals surface area contributed by atoms with E-state index < -0.39 is 0 Å². The number of nitrogens with zero attached hydrogens (tertiary/aromatic N) is 2. The Kier molecular flexibility index (Phi) is 4.07. The highest BCUT2D eigenvalue weighted by molar-refractivity contribution is 5.79. The average Bonchev–Trinajstić information content (AvgIpc) is 2.53. The lowest BCUT2D eigenvalue weighted by atomic mass is 10.2. The van der Waals surface area contributed by atoms with Gasteiger partial charge in [0.05, 0.1) is 23.1 Å². The molecule has 0 aliphatic carbocycles. The molecule has 0 atom stereocenters. The number of fused-ring (bicyclic) bond motifs is 1. The second kappa shape index (κ2) is 6.33. The fourth-order valence-electron chi connectivity index (χ4n) is 2.18. The monoisotopic (exact) mass is 279 g/mol. The molecule has 1 aromatic carbocycles. The first-order valence-electron chi connectivity index (χ1n) is 6.92. The van der Waals surface area contributed by atoms with Gasteiger partial charge >= 0.3 is 0 Å². The van der Waals surface area contributed by atoms with Crippen LogP contribution in [0.1, 0.15) is 11.4 Å². The molecule has 0 bridgehead atoms. The molecule has 0 spiro atoms. The van der Waals surface area contributed by atoms with Crippen LogP contribution in [-0.2, 0) is 13.2 Å². The SMILES string of the molecule is CNCc1cccc(COc2cnc3ccccc3c2)n1. The minimum atomic E-state index is 0.442. The van der Waals surface area contributed by atoms with E-state index in [9.17, 15) is 0 Å². The Morgan fingerprint density at radius 1 is 1.05 bits per heavy atom. The average molecular weight is 279 g/mol. The summed E-state index contributed by atoms with van der Waals surface area (Å²) in [5.74, 6) is 0.759. The summed E-state index contributed by atoms with van der Waals surface area (Å²) in [6.07, 6.45) is 1.75. The zero-order chi connectivity index (χ0) is 14.5. The number of hydrogen-bond donors (Lipinski definition) is 1. The van der Waals surface area contributed by atoms with Crippen molar-refractivity contribution in [2.45, 2.75) is 13.2 Å². The number of hydrogen-bond acceptors (Lipinski definition) is 4. The first-order valence-corrected chi connectivity index (χ1v) is 6.92. The van der Waals surface area contributed by atoms with Gasteiger partial charge < -0.3 is 10.1 Å². The van der Waals surface area contributed by atoms with Crippen molar-refractivity contribution >= 4 is 10.9 Å². The van der Waals surface area contributed by atoms with Gasteiger partial charge in [0.15, 0.2) is 0 Å². The summed E-state index contributed by atoms with van der Waals surface area (Å²) in [7, 11) is 1.91. The molecule has 1 N–H and O–H groups in total. The van der Waals surface area contributed by atoms with Gasteiger partial charge in [-0.3, -0.25) is 9.97 Å². The van der Waals surface area contributed by atoms with E-state index in [1.807, 2.05) is 55.6 Å². The third-order valence-corrected chi connectivity index (χ3v) is 3.17. The number of para-hydroxylation sites is 1. The van der Waals surface area contributed by atoms with E-state index in [1.54, 1.807) is 6.20 Å². The van der Waals surface area contributed by atoms with Crippen LogP contribution in [0, 0.1) is 0 Å². The number of nitrogens with one attached hydrogen (secondary N) is 1. The number of pyridine rings is 2. The molecule has 0 saturated heterocycles. The van der Waals surface area contributed by atoms with E-state index in [2.05, 4.69) is 15.3 Å². The summed E-state index contributed by atoms with van der Waals surface area (Å²) in [6, 6.07) is 16.0. The van der Waals surface area contributed by atoms with Crippen molar-refractivity contribution in [3.05, 3.63) is 66.1 Å². The van der Waals surface area contributed by atoms with E-state index in [0.29, 0.717) is 6.61 Å². The number of benzene rings is 1. The zero-order valence-corrected chi connectivity index (χ0v) is 11.9. The van der Waals surface area contributed by atoms with E-state index in [1.165, 1.54) is 0 Å². The Bertz CT molecular complexity index is 743. The summed E-state index contributed by atoms with van der Waals surface area (Å²) in [5.41, 5.74) is 2.89. The van der Waals surface area contributed by atoms with Gasteiger partial charge in [-0.2, -0.15) is 0 Å². The maximum Gasteiger partial charge on any atom is 0.138 e. The Hall–Kier alpha value is -2.46. The fourth-order valence-corrected chi connectivity index (χ4v) is 2.18. The minimum absolute atomic E-state index is 0.442. The molecule has 2 heterocycles. The Morgan fingerprint density at radius 3 is 2.81 bits per heavy atom. The van der Waals surface area contributed by atoms with Crippen molar-refractivity contribution in [1.29, 1.82) is 0 Å². The van der Waals surface area contributed by atoms with E-state index in [0.717, 1.165) is 34.6 Å². The van der Waals surface area contributed by atoms with Crippen molar-refractivity contribution in [2.24, 2.45) is 0 Å². The first kappa shape index (κ1) is 13.5. The van der Waals surface area contributed by atoms with Crippen LogP contribution < -0.4 is 10.1 Å². The van der Waals surface area contributed by atoms with Crippen molar-refractivity contribution < 1.29 is 4.74 Å². The topological polar surface area (TPSA) is 47.0 Å². The molecule has 3 rings (SSSR count). The van der Waals surface area contributed by atoms with Crippen LogP contribution in [0.2, 0.25) is 0 Å². The third kappa shape index (κ3) is 3.35. The second-order valence-electron chi connectivity index (χ2n) is 4.80. The minimum Gasteiger partial charge on any atom is -0.486 e. The molecule has 0 fully saturated rings. The molecular weight excluding hydrogens is 262 g/mol. The number of ether oxygens (including phenoxy) is 1. The van der Waals surface area contributed by atoms with Gasteiger partial charge in [0.2, 0.25) is 0 Å². The van der Waals surface area contributed by atoms with Crippen molar-refractivity contribution in [2.75, 3.05) is 7.05 Å². The molecule has 0 aliphatic heterocycles. The maximum absolute atomic E-state index is 5.79. The molecule has 0 aliphatic rings. The standard InChI is InChI=1S/C17H17N3O/c1-18-10-14-6-4-7-15(20-14)12-21-16-9-13-5-2-3-8-17(13)19-11-16/h2-9,11,18H,10,12H2,1H3. The van der Waals surface area contributed by atoms with Crippen LogP contribution in [0.25, 0.3) is 10.9 Å². The van der Waals surface area contributed by atoms with Crippen LogP contribution in [0.15, 0.2) is 54.7 Å². The van der Waals surface area contributed by atoms with E-state index >= 15 is 0 Å². The quantitative estimate of drug-likeness (QED) is 0.780. The molecule has 0 saturated carbocycles. The molecular formula is C17H17N3O. The van der Waals surface area contributed by atoms with Gasteiger partial charge in [0.25, 0.3) is 0 Å². The molecule has 4 nitrogen and oxygen atoms in total. The summed E-state index contributed by atoms with van der Waals surface area (Å²) >= 11 is 0. The van der Waals surface area contributed by atoms with Gasteiger partial charge in [-0.25, -0.2) is 0 Å².